The molecule has 3 heteroatoms. The van der Waals surface area contributed by atoms with Crippen LogP contribution in [0.4, 0.5) is 0 Å². The third kappa shape index (κ3) is 5.08. The molecule has 0 aliphatic heterocycles. The third-order valence-corrected chi connectivity index (χ3v) is 3.24. The van der Waals surface area contributed by atoms with Crippen LogP contribution in [0, 0.1) is 12.3 Å². The zero-order valence-corrected chi connectivity index (χ0v) is 11.0. The number of aliphatic hydroxyl groups excluding tert-OH is 1. The molecule has 1 atom stereocenters. The maximum atomic E-state index is 9.78. The molecule has 1 aliphatic carbocycles. The number of hydrogen-bond acceptors (Lipinski definition) is 3. The Morgan fingerprint density at radius 3 is 2.53 bits per heavy atom. The van der Waals surface area contributed by atoms with Gasteiger partial charge in [-0.05, 0) is 25.7 Å². The average molecular weight is 239 g/mol. The molecule has 0 aromatic rings. The second kappa shape index (κ2) is 7.00. The second-order valence-electron chi connectivity index (χ2n) is 5.23. The van der Waals surface area contributed by atoms with Crippen molar-refractivity contribution in [3.05, 3.63) is 0 Å². The van der Waals surface area contributed by atoms with E-state index in [0.717, 1.165) is 25.7 Å². The third-order valence-electron chi connectivity index (χ3n) is 3.24. The number of ether oxygens (including phenoxy) is 1. The lowest BCUT2D eigenvalue weighted by Gasteiger charge is -2.33. The van der Waals surface area contributed by atoms with Crippen molar-refractivity contribution in [2.45, 2.75) is 63.7 Å². The molecule has 0 spiro atoms. The maximum absolute atomic E-state index is 9.78. The Kier molecular flexibility index (Phi) is 5.97. The summed E-state index contributed by atoms with van der Waals surface area (Å²) in [6.07, 6.45) is 10.4. The molecule has 1 fully saturated rings. The Balaban J connectivity index is 2.30. The van der Waals surface area contributed by atoms with Gasteiger partial charge in [0.15, 0.2) is 0 Å². The molecule has 2 N–H and O–H groups in total. The van der Waals surface area contributed by atoms with E-state index >= 15 is 0 Å². The van der Waals surface area contributed by atoms with Gasteiger partial charge in [0, 0.05) is 12.6 Å². The summed E-state index contributed by atoms with van der Waals surface area (Å²) < 4.78 is 5.79. The largest absolute Gasteiger partial charge is 0.389 e. The molecule has 3 nitrogen and oxygen atoms in total. The van der Waals surface area contributed by atoms with E-state index in [1.807, 2.05) is 0 Å². The van der Waals surface area contributed by atoms with Crippen LogP contribution in [0.1, 0.15) is 46.0 Å². The van der Waals surface area contributed by atoms with Crippen LogP contribution in [0.25, 0.3) is 0 Å². The van der Waals surface area contributed by atoms with Crippen LogP contribution < -0.4 is 5.32 Å². The first-order valence-electron chi connectivity index (χ1n) is 6.61. The smallest absolute Gasteiger partial charge is 0.128 e. The fourth-order valence-corrected chi connectivity index (χ4v) is 2.14. The van der Waals surface area contributed by atoms with Crippen LogP contribution in [0.15, 0.2) is 0 Å². The highest BCUT2D eigenvalue weighted by atomic mass is 16.5. The van der Waals surface area contributed by atoms with Gasteiger partial charge in [-0.3, -0.25) is 0 Å². The molecule has 0 saturated heterocycles. The summed E-state index contributed by atoms with van der Waals surface area (Å²) in [6, 6.07) is 0.376. The quantitative estimate of drug-likeness (QED) is 0.693. The molecule has 0 bridgehead atoms. The molecule has 0 aromatic carbocycles. The van der Waals surface area contributed by atoms with Gasteiger partial charge in [-0.25, -0.2) is 0 Å². The predicted octanol–water partition coefficient (Wildman–Crippen LogP) is 1.70. The second-order valence-corrected chi connectivity index (χ2v) is 5.23. The van der Waals surface area contributed by atoms with Gasteiger partial charge in [0.05, 0.1) is 12.7 Å². The minimum atomic E-state index is -0.482. The molecule has 0 amide bonds. The molecular formula is C14H25NO2. The van der Waals surface area contributed by atoms with E-state index in [9.17, 15) is 5.11 Å². The minimum absolute atomic E-state index is 0.323. The molecule has 0 radical (unpaired) electrons. The average Bonchev–Trinajstić information content (AvgIpc) is 2.35. The molecule has 0 aromatic heterocycles. The van der Waals surface area contributed by atoms with Gasteiger partial charge >= 0.3 is 0 Å². The lowest BCUT2D eigenvalue weighted by atomic mass is 9.85. The van der Waals surface area contributed by atoms with Gasteiger partial charge in [-0.15, -0.1) is 6.42 Å². The van der Waals surface area contributed by atoms with Crippen molar-refractivity contribution in [1.82, 2.24) is 5.32 Å². The Labute approximate surface area is 105 Å². The number of terminal acetylenes is 1. The standard InChI is InChI=1S/C14H25NO2/c1-4-14(8-6-5-7-9-14)17-11-13(16)10-15-12(2)3/h1,12-13,15-16H,5-11H2,2-3H3/t13-/m0/s1. The van der Waals surface area contributed by atoms with Crippen LogP contribution in [-0.2, 0) is 4.74 Å². The van der Waals surface area contributed by atoms with Gasteiger partial charge in [0.25, 0.3) is 0 Å². The Hall–Kier alpha value is -0.560. The normalized spacial score (nSPS) is 21.1. The highest BCUT2D eigenvalue weighted by Crippen LogP contribution is 2.30. The first-order chi connectivity index (χ1) is 8.08. The Morgan fingerprint density at radius 2 is 2.00 bits per heavy atom. The van der Waals surface area contributed by atoms with Crippen molar-refractivity contribution in [1.29, 1.82) is 0 Å². The molecule has 1 rings (SSSR count). The predicted molar refractivity (Wildman–Crippen MR) is 69.7 cm³/mol. The van der Waals surface area contributed by atoms with Crippen LogP contribution in [0.2, 0.25) is 0 Å². The summed E-state index contributed by atoms with van der Waals surface area (Å²) >= 11 is 0. The van der Waals surface area contributed by atoms with Crippen LogP contribution in [0.5, 0.6) is 0 Å². The van der Waals surface area contributed by atoms with Gasteiger partial charge in [0.1, 0.15) is 5.60 Å². The fourth-order valence-electron chi connectivity index (χ4n) is 2.14. The summed E-state index contributed by atoms with van der Waals surface area (Å²) in [6.45, 7) is 4.98. The van der Waals surface area contributed by atoms with Gasteiger partial charge in [-0.2, -0.15) is 0 Å². The summed E-state index contributed by atoms with van der Waals surface area (Å²) in [5.74, 6) is 2.78. The number of rotatable bonds is 6. The number of hydrogen-bond donors (Lipinski definition) is 2. The Bertz CT molecular complexity index is 251. The highest BCUT2D eigenvalue weighted by molar-refractivity contribution is 5.09. The van der Waals surface area contributed by atoms with Crippen molar-refractivity contribution in [3.63, 3.8) is 0 Å². The van der Waals surface area contributed by atoms with Gasteiger partial charge < -0.3 is 15.2 Å². The number of aliphatic hydroxyl groups is 1. The van der Waals surface area contributed by atoms with E-state index in [2.05, 4.69) is 25.1 Å². The first-order valence-corrected chi connectivity index (χ1v) is 6.61. The topological polar surface area (TPSA) is 41.5 Å². The maximum Gasteiger partial charge on any atom is 0.128 e. The minimum Gasteiger partial charge on any atom is -0.389 e. The highest BCUT2D eigenvalue weighted by Gasteiger charge is 2.31. The van der Waals surface area contributed by atoms with Crippen LogP contribution in [-0.4, -0.2) is 36.0 Å². The van der Waals surface area contributed by atoms with Gasteiger partial charge in [0.2, 0.25) is 0 Å². The van der Waals surface area contributed by atoms with Crippen molar-refractivity contribution < 1.29 is 9.84 Å². The molecule has 0 heterocycles. The van der Waals surface area contributed by atoms with Crippen molar-refractivity contribution in [3.8, 4) is 12.3 Å². The lowest BCUT2D eigenvalue weighted by Crippen LogP contribution is -2.40. The summed E-state index contributed by atoms with van der Waals surface area (Å²) in [7, 11) is 0. The Morgan fingerprint density at radius 1 is 1.35 bits per heavy atom. The first kappa shape index (κ1) is 14.5. The molecule has 0 unspecified atom stereocenters. The van der Waals surface area contributed by atoms with E-state index in [1.54, 1.807) is 0 Å². The lowest BCUT2D eigenvalue weighted by molar-refractivity contribution is -0.0632. The molecule has 98 valence electrons. The molecule has 1 aliphatic rings. The summed E-state index contributed by atoms with van der Waals surface area (Å²) in [5, 5.41) is 13.0. The molecule has 17 heavy (non-hydrogen) atoms. The van der Waals surface area contributed by atoms with Gasteiger partial charge in [-0.1, -0.05) is 26.2 Å². The number of nitrogens with one attached hydrogen (secondary N) is 1. The van der Waals surface area contributed by atoms with E-state index in [4.69, 9.17) is 11.2 Å². The van der Waals surface area contributed by atoms with Crippen molar-refractivity contribution >= 4 is 0 Å². The van der Waals surface area contributed by atoms with Crippen LogP contribution >= 0.6 is 0 Å². The monoisotopic (exact) mass is 239 g/mol. The van der Waals surface area contributed by atoms with Crippen LogP contribution in [0.3, 0.4) is 0 Å². The van der Waals surface area contributed by atoms with E-state index < -0.39 is 11.7 Å². The van der Waals surface area contributed by atoms with Crippen molar-refractivity contribution in [2.75, 3.05) is 13.2 Å². The molecular weight excluding hydrogens is 214 g/mol. The van der Waals surface area contributed by atoms with E-state index in [0.29, 0.717) is 19.2 Å². The molecule has 1 saturated carbocycles. The zero-order chi connectivity index (χ0) is 12.7. The SMILES string of the molecule is C#CC1(OC[C@@H](O)CNC(C)C)CCCCC1. The van der Waals surface area contributed by atoms with Crippen molar-refractivity contribution in [2.24, 2.45) is 0 Å². The summed E-state index contributed by atoms with van der Waals surface area (Å²) in [5.41, 5.74) is -0.420. The summed E-state index contributed by atoms with van der Waals surface area (Å²) in [4.78, 5) is 0. The van der Waals surface area contributed by atoms with E-state index in [1.165, 1.54) is 6.42 Å². The fraction of sp³-hybridized carbons (Fsp3) is 0.857. The van der Waals surface area contributed by atoms with E-state index in [-0.39, 0.29) is 0 Å². The zero-order valence-electron chi connectivity index (χ0n) is 11.0.